The molecular formula is C23H26N4O2. The summed E-state index contributed by atoms with van der Waals surface area (Å²) >= 11 is 0. The predicted octanol–water partition coefficient (Wildman–Crippen LogP) is 2.65. The summed E-state index contributed by atoms with van der Waals surface area (Å²) < 4.78 is 0. The van der Waals surface area contributed by atoms with Crippen molar-refractivity contribution in [2.24, 2.45) is 0 Å². The van der Waals surface area contributed by atoms with Crippen molar-refractivity contribution >= 4 is 11.8 Å². The Hall–Kier alpha value is -3.15. The number of hydrogen-bond acceptors (Lipinski definition) is 4. The Bertz CT molecular complexity index is 953. The summed E-state index contributed by atoms with van der Waals surface area (Å²) in [7, 11) is 0. The van der Waals surface area contributed by atoms with E-state index in [4.69, 9.17) is 0 Å². The summed E-state index contributed by atoms with van der Waals surface area (Å²) in [6.45, 7) is 7.36. The number of amides is 2. The predicted molar refractivity (Wildman–Crippen MR) is 110 cm³/mol. The van der Waals surface area contributed by atoms with Gasteiger partial charge in [-0.1, -0.05) is 30.3 Å². The van der Waals surface area contributed by atoms with Crippen LogP contribution in [0.2, 0.25) is 0 Å². The second-order valence-electron chi connectivity index (χ2n) is 8.05. The van der Waals surface area contributed by atoms with E-state index in [-0.39, 0.29) is 11.8 Å². The third-order valence-electron chi connectivity index (χ3n) is 5.88. The van der Waals surface area contributed by atoms with E-state index in [0.717, 1.165) is 16.8 Å². The largest absolute Gasteiger partial charge is 0.384 e. The maximum atomic E-state index is 13.7. The van der Waals surface area contributed by atoms with Crippen molar-refractivity contribution in [3.63, 3.8) is 0 Å². The molecule has 1 aromatic heterocycles. The number of hydrogen-bond donors (Lipinski definition) is 1. The molecule has 1 unspecified atom stereocenters. The van der Waals surface area contributed by atoms with E-state index in [1.165, 1.54) is 0 Å². The molecule has 0 spiro atoms. The van der Waals surface area contributed by atoms with Crippen molar-refractivity contribution in [3.05, 3.63) is 77.3 Å². The van der Waals surface area contributed by atoms with Gasteiger partial charge in [0.05, 0.1) is 17.2 Å². The first kappa shape index (κ1) is 19.2. The lowest BCUT2D eigenvalue weighted by atomic mass is 9.93. The minimum atomic E-state index is -0.500. The maximum absolute atomic E-state index is 13.7. The van der Waals surface area contributed by atoms with Crippen molar-refractivity contribution in [1.82, 2.24) is 20.1 Å². The Morgan fingerprint density at radius 1 is 1.17 bits per heavy atom. The van der Waals surface area contributed by atoms with E-state index in [1.54, 1.807) is 24.2 Å². The second-order valence-corrected chi connectivity index (χ2v) is 8.05. The fourth-order valence-corrected chi connectivity index (χ4v) is 4.39. The van der Waals surface area contributed by atoms with E-state index in [9.17, 15) is 9.59 Å². The number of aromatic nitrogens is 1. The zero-order chi connectivity index (χ0) is 20.6. The number of benzene rings is 1. The lowest BCUT2D eigenvalue weighted by Crippen LogP contribution is -2.47. The molecule has 1 N–H and O–H groups in total. The van der Waals surface area contributed by atoms with Crippen LogP contribution in [0.15, 0.2) is 66.1 Å². The molecular weight excluding hydrogens is 364 g/mol. The summed E-state index contributed by atoms with van der Waals surface area (Å²) in [5, 5.41) is 3.47. The summed E-state index contributed by atoms with van der Waals surface area (Å²) in [5.74, 6) is -0.0780. The average Bonchev–Trinajstić information content (AvgIpc) is 2.86. The molecule has 1 atom stereocenters. The summed E-state index contributed by atoms with van der Waals surface area (Å²) in [4.78, 5) is 34.0. The molecule has 2 amide bonds. The molecule has 6 heteroatoms. The molecule has 0 saturated heterocycles. The zero-order valence-corrected chi connectivity index (χ0v) is 17.1. The monoisotopic (exact) mass is 390 g/mol. The SMILES string of the molecule is CC(=O)N1CCNC2=C(C(=O)N(Cc3ccccc3)C2(C)C)C1c1ccncc1. The Morgan fingerprint density at radius 2 is 1.86 bits per heavy atom. The standard InChI is InChI=1S/C23H26N4O2/c1-16(28)26-14-13-25-21-19(20(26)18-9-11-24-12-10-18)22(29)27(23(21,2)3)15-17-7-5-4-6-8-17/h4-12,20,25H,13-15H2,1-3H3. The molecule has 0 saturated carbocycles. The van der Waals surface area contributed by atoms with Gasteiger partial charge in [0.15, 0.2) is 0 Å². The number of nitrogens with one attached hydrogen (secondary N) is 1. The minimum Gasteiger partial charge on any atom is -0.384 e. The van der Waals surface area contributed by atoms with Crippen LogP contribution < -0.4 is 5.32 Å². The number of carbonyl (C=O) groups is 2. The molecule has 2 aliphatic rings. The topological polar surface area (TPSA) is 65.5 Å². The molecule has 1 aromatic carbocycles. The van der Waals surface area contributed by atoms with Crippen LogP contribution in [-0.2, 0) is 16.1 Å². The number of rotatable bonds is 3. The maximum Gasteiger partial charge on any atom is 0.255 e. The van der Waals surface area contributed by atoms with E-state index in [1.807, 2.05) is 47.4 Å². The van der Waals surface area contributed by atoms with Crippen molar-refractivity contribution < 1.29 is 9.59 Å². The van der Waals surface area contributed by atoms with Gasteiger partial charge >= 0.3 is 0 Å². The first-order valence-corrected chi connectivity index (χ1v) is 9.93. The quantitative estimate of drug-likeness (QED) is 0.875. The molecule has 0 bridgehead atoms. The third-order valence-corrected chi connectivity index (χ3v) is 5.88. The fraction of sp³-hybridized carbons (Fsp3) is 0.348. The molecule has 6 nitrogen and oxygen atoms in total. The van der Waals surface area contributed by atoms with Gasteiger partial charge < -0.3 is 15.1 Å². The molecule has 0 aliphatic carbocycles. The number of nitrogens with zero attached hydrogens (tertiary/aromatic N) is 3. The van der Waals surface area contributed by atoms with Crippen LogP contribution in [0.25, 0.3) is 0 Å². The highest BCUT2D eigenvalue weighted by Gasteiger charge is 2.50. The van der Waals surface area contributed by atoms with Gasteiger partial charge in [0.2, 0.25) is 5.91 Å². The normalized spacial score (nSPS) is 20.9. The van der Waals surface area contributed by atoms with Gasteiger partial charge in [-0.25, -0.2) is 0 Å². The Kier molecular flexibility index (Phi) is 4.86. The molecule has 150 valence electrons. The van der Waals surface area contributed by atoms with Crippen molar-refractivity contribution in [2.75, 3.05) is 13.1 Å². The smallest absolute Gasteiger partial charge is 0.255 e. The highest BCUT2D eigenvalue weighted by atomic mass is 16.2. The first-order chi connectivity index (χ1) is 13.9. The van der Waals surface area contributed by atoms with E-state index in [2.05, 4.69) is 24.1 Å². The highest BCUT2D eigenvalue weighted by Crippen LogP contribution is 2.43. The van der Waals surface area contributed by atoms with Gasteiger partial charge in [0.25, 0.3) is 5.91 Å². The average molecular weight is 390 g/mol. The Balaban J connectivity index is 1.81. The molecule has 0 radical (unpaired) electrons. The Labute approximate surface area is 171 Å². The van der Waals surface area contributed by atoms with E-state index < -0.39 is 11.6 Å². The second kappa shape index (κ2) is 7.35. The van der Waals surface area contributed by atoms with Gasteiger partial charge in [0.1, 0.15) is 0 Å². The van der Waals surface area contributed by atoms with Crippen molar-refractivity contribution in [2.45, 2.75) is 38.9 Å². The van der Waals surface area contributed by atoms with Crippen LogP contribution in [0.1, 0.15) is 37.9 Å². The van der Waals surface area contributed by atoms with Gasteiger partial charge in [-0.3, -0.25) is 14.6 Å². The van der Waals surface area contributed by atoms with Gasteiger partial charge in [-0.2, -0.15) is 0 Å². The zero-order valence-electron chi connectivity index (χ0n) is 17.1. The first-order valence-electron chi connectivity index (χ1n) is 9.93. The summed E-state index contributed by atoms with van der Waals surface area (Å²) in [6, 6.07) is 13.3. The summed E-state index contributed by atoms with van der Waals surface area (Å²) in [5.41, 5.74) is 3.04. The van der Waals surface area contributed by atoms with E-state index in [0.29, 0.717) is 25.2 Å². The minimum absolute atomic E-state index is 0.0312. The molecule has 2 aromatic rings. The molecule has 2 aliphatic heterocycles. The molecule has 4 rings (SSSR count). The van der Waals surface area contributed by atoms with Crippen LogP contribution in [0, 0.1) is 0 Å². The van der Waals surface area contributed by atoms with Crippen molar-refractivity contribution in [1.29, 1.82) is 0 Å². The van der Waals surface area contributed by atoms with Crippen LogP contribution in [0.5, 0.6) is 0 Å². The van der Waals surface area contributed by atoms with Crippen LogP contribution in [-0.4, -0.2) is 45.2 Å². The van der Waals surface area contributed by atoms with Crippen LogP contribution in [0.3, 0.4) is 0 Å². The van der Waals surface area contributed by atoms with Crippen molar-refractivity contribution in [3.8, 4) is 0 Å². The highest BCUT2D eigenvalue weighted by molar-refractivity contribution is 6.00. The molecule has 0 fully saturated rings. The lowest BCUT2D eigenvalue weighted by molar-refractivity contribution is -0.133. The van der Waals surface area contributed by atoms with Gasteiger partial charge in [-0.05, 0) is 37.1 Å². The van der Waals surface area contributed by atoms with Gasteiger partial charge in [-0.15, -0.1) is 0 Å². The fourth-order valence-electron chi connectivity index (χ4n) is 4.39. The number of carbonyl (C=O) groups excluding carboxylic acids is 2. The third kappa shape index (κ3) is 3.28. The van der Waals surface area contributed by atoms with Crippen LogP contribution >= 0.6 is 0 Å². The van der Waals surface area contributed by atoms with Crippen LogP contribution in [0.4, 0.5) is 0 Å². The lowest BCUT2D eigenvalue weighted by Gasteiger charge is -2.35. The van der Waals surface area contributed by atoms with Gasteiger partial charge in [0, 0.05) is 44.6 Å². The van der Waals surface area contributed by atoms with E-state index >= 15 is 0 Å². The summed E-state index contributed by atoms with van der Waals surface area (Å²) in [6.07, 6.45) is 3.41. The Morgan fingerprint density at radius 3 is 2.52 bits per heavy atom. The number of pyridine rings is 1. The molecule has 3 heterocycles. The molecule has 29 heavy (non-hydrogen) atoms.